The summed E-state index contributed by atoms with van der Waals surface area (Å²) >= 11 is 1.49. The van der Waals surface area contributed by atoms with Crippen molar-refractivity contribution in [1.82, 2.24) is 19.7 Å². The van der Waals surface area contributed by atoms with E-state index in [-0.39, 0.29) is 12.2 Å². The van der Waals surface area contributed by atoms with Gasteiger partial charge < -0.3 is 4.57 Å². The maximum absolute atomic E-state index is 12.4. The highest BCUT2D eigenvalue weighted by Crippen LogP contribution is 2.22. The van der Waals surface area contributed by atoms with E-state index in [1.807, 2.05) is 35.7 Å². The van der Waals surface area contributed by atoms with Gasteiger partial charge in [-0.05, 0) is 6.42 Å². The molecule has 3 rings (SSSR count). The molecule has 0 saturated heterocycles. The van der Waals surface area contributed by atoms with Crippen LogP contribution in [0.5, 0.6) is 0 Å². The molecule has 3 aromatic rings. The summed E-state index contributed by atoms with van der Waals surface area (Å²) in [6, 6.07) is 11.6. The molecule has 6 nitrogen and oxygen atoms in total. The SMILES string of the molecule is Cn1c(-c2ccccc2)nnc1[C@@H](C#N)C(=O)CCc1cscn1. The maximum atomic E-state index is 12.4. The molecule has 0 radical (unpaired) electrons. The second-order valence-corrected chi connectivity index (χ2v) is 6.03. The van der Waals surface area contributed by atoms with Crippen LogP contribution in [0.2, 0.25) is 0 Å². The first-order chi connectivity index (χ1) is 11.7. The summed E-state index contributed by atoms with van der Waals surface area (Å²) in [5.74, 6) is -0.0722. The monoisotopic (exact) mass is 337 g/mol. The van der Waals surface area contributed by atoms with Crippen LogP contribution in [-0.2, 0) is 18.3 Å². The quantitative estimate of drug-likeness (QED) is 0.690. The lowest BCUT2D eigenvalue weighted by atomic mass is 10.00. The van der Waals surface area contributed by atoms with Gasteiger partial charge >= 0.3 is 0 Å². The van der Waals surface area contributed by atoms with E-state index < -0.39 is 5.92 Å². The maximum Gasteiger partial charge on any atom is 0.164 e. The van der Waals surface area contributed by atoms with Gasteiger partial charge in [0.25, 0.3) is 0 Å². The van der Waals surface area contributed by atoms with Crippen LogP contribution in [0.1, 0.15) is 23.9 Å². The molecule has 7 heteroatoms. The zero-order valence-corrected chi connectivity index (χ0v) is 13.9. The predicted octanol–water partition coefficient (Wildman–Crippen LogP) is 2.75. The van der Waals surface area contributed by atoms with Crippen molar-refractivity contribution in [3.05, 3.63) is 52.7 Å². The second-order valence-electron chi connectivity index (χ2n) is 5.32. The second kappa shape index (κ2) is 7.15. The Balaban J connectivity index is 1.80. The number of Topliss-reactive ketones (excluding diaryl/α,β-unsaturated/α-hetero) is 1. The number of hydrogen-bond acceptors (Lipinski definition) is 6. The van der Waals surface area contributed by atoms with Gasteiger partial charge in [-0.25, -0.2) is 4.98 Å². The van der Waals surface area contributed by atoms with Gasteiger partial charge in [0.1, 0.15) is 0 Å². The Bertz CT molecular complexity index is 864. The van der Waals surface area contributed by atoms with Crippen LogP contribution in [0.4, 0.5) is 0 Å². The molecule has 120 valence electrons. The average molecular weight is 337 g/mol. The van der Waals surface area contributed by atoms with Crippen molar-refractivity contribution in [1.29, 1.82) is 5.26 Å². The fraction of sp³-hybridized carbons (Fsp3) is 0.235. The Hall–Kier alpha value is -2.85. The predicted molar refractivity (Wildman–Crippen MR) is 90.2 cm³/mol. The third-order valence-corrected chi connectivity index (χ3v) is 4.40. The molecule has 0 fully saturated rings. The van der Waals surface area contributed by atoms with Gasteiger partial charge in [-0.15, -0.1) is 21.5 Å². The van der Waals surface area contributed by atoms with Crippen molar-refractivity contribution in [2.24, 2.45) is 7.05 Å². The van der Waals surface area contributed by atoms with E-state index in [2.05, 4.69) is 21.3 Å². The van der Waals surface area contributed by atoms with Gasteiger partial charge in [-0.2, -0.15) is 5.26 Å². The van der Waals surface area contributed by atoms with E-state index in [9.17, 15) is 10.1 Å². The molecule has 1 atom stereocenters. The topological polar surface area (TPSA) is 84.5 Å². The van der Waals surface area contributed by atoms with Gasteiger partial charge in [0.15, 0.2) is 23.3 Å². The summed E-state index contributed by atoms with van der Waals surface area (Å²) in [5, 5.41) is 19.6. The third-order valence-electron chi connectivity index (χ3n) is 3.76. The molecule has 0 amide bonds. The van der Waals surface area contributed by atoms with Crippen LogP contribution in [-0.4, -0.2) is 25.5 Å². The minimum absolute atomic E-state index is 0.166. The van der Waals surface area contributed by atoms with Crippen molar-refractivity contribution >= 4 is 17.1 Å². The zero-order valence-electron chi connectivity index (χ0n) is 13.1. The number of carbonyl (C=O) groups excluding carboxylic acids is 1. The largest absolute Gasteiger partial charge is 0.313 e. The Labute approximate surface area is 143 Å². The molecule has 2 heterocycles. The van der Waals surface area contributed by atoms with Gasteiger partial charge in [-0.3, -0.25) is 4.79 Å². The minimum Gasteiger partial charge on any atom is -0.313 e. The molecule has 0 bridgehead atoms. The van der Waals surface area contributed by atoms with Crippen molar-refractivity contribution in [3.8, 4) is 17.5 Å². The lowest BCUT2D eigenvalue weighted by molar-refractivity contribution is -0.119. The first-order valence-electron chi connectivity index (χ1n) is 7.45. The van der Waals surface area contributed by atoms with Crippen molar-refractivity contribution in [2.75, 3.05) is 0 Å². The van der Waals surface area contributed by atoms with Crippen LogP contribution < -0.4 is 0 Å². The highest BCUT2D eigenvalue weighted by Gasteiger charge is 2.26. The first kappa shape index (κ1) is 16.0. The summed E-state index contributed by atoms with van der Waals surface area (Å²) in [7, 11) is 1.77. The zero-order chi connectivity index (χ0) is 16.9. The number of nitriles is 1. The van der Waals surface area contributed by atoms with Crippen molar-refractivity contribution in [3.63, 3.8) is 0 Å². The molecular formula is C17H15N5OS. The van der Waals surface area contributed by atoms with Crippen LogP contribution in [0, 0.1) is 11.3 Å². The summed E-state index contributed by atoms with van der Waals surface area (Å²) in [6.07, 6.45) is 0.791. The molecule has 1 aromatic carbocycles. The molecule has 0 spiro atoms. The Morgan fingerprint density at radius 1 is 1.33 bits per heavy atom. The highest BCUT2D eigenvalue weighted by molar-refractivity contribution is 7.07. The molecule has 0 aliphatic rings. The highest BCUT2D eigenvalue weighted by atomic mass is 32.1. The first-order valence-corrected chi connectivity index (χ1v) is 8.39. The summed E-state index contributed by atoms with van der Waals surface area (Å²) < 4.78 is 1.71. The molecule has 0 unspecified atom stereocenters. The number of aromatic nitrogens is 4. The average Bonchev–Trinajstić information content (AvgIpc) is 3.25. The van der Waals surface area contributed by atoms with Gasteiger partial charge in [0, 0.05) is 24.4 Å². The number of rotatable bonds is 6. The smallest absolute Gasteiger partial charge is 0.164 e. The van der Waals surface area contributed by atoms with Crippen molar-refractivity contribution < 1.29 is 4.79 Å². The van der Waals surface area contributed by atoms with E-state index in [1.54, 1.807) is 17.1 Å². The summed E-state index contributed by atoms with van der Waals surface area (Å²) in [4.78, 5) is 16.6. The van der Waals surface area contributed by atoms with Crippen molar-refractivity contribution in [2.45, 2.75) is 18.8 Å². The van der Waals surface area contributed by atoms with E-state index in [1.165, 1.54) is 11.3 Å². The fourth-order valence-electron chi connectivity index (χ4n) is 2.46. The number of benzene rings is 1. The number of hydrogen-bond donors (Lipinski definition) is 0. The third kappa shape index (κ3) is 3.24. The Morgan fingerprint density at radius 3 is 2.79 bits per heavy atom. The normalized spacial score (nSPS) is 11.8. The van der Waals surface area contributed by atoms with Gasteiger partial charge in [-0.1, -0.05) is 30.3 Å². The molecule has 0 aliphatic carbocycles. The van der Waals surface area contributed by atoms with Gasteiger partial charge in [0.2, 0.25) is 0 Å². The molecule has 0 aliphatic heterocycles. The van der Waals surface area contributed by atoms with E-state index in [4.69, 9.17) is 0 Å². The van der Waals surface area contributed by atoms with E-state index >= 15 is 0 Å². The summed E-state index contributed by atoms with van der Waals surface area (Å²) in [5.41, 5.74) is 3.49. The minimum atomic E-state index is -0.918. The van der Waals surface area contributed by atoms with Crippen LogP contribution in [0.15, 0.2) is 41.2 Å². The van der Waals surface area contributed by atoms with E-state index in [0.29, 0.717) is 18.1 Å². The molecule has 24 heavy (non-hydrogen) atoms. The Morgan fingerprint density at radius 2 is 2.12 bits per heavy atom. The number of nitrogens with zero attached hydrogens (tertiary/aromatic N) is 5. The van der Waals surface area contributed by atoms with E-state index in [0.717, 1.165) is 11.3 Å². The van der Waals surface area contributed by atoms with Crippen LogP contribution in [0.3, 0.4) is 0 Å². The Kier molecular flexibility index (Phi) is 4.77. The fourth-order valence-corrected chi connectivity index (χ4v) is 3.05. The lowest BCUT2D eigenvalue weighted by Gasteiger charge is -2.08. The number of aryl methyl sites for hydroxylation is 1. The van der Waals surface area contributed by atoms with Crippen LogP contribution in [0.25, 0.3) is 11.4 Å². The molecule has 0 N–H and O–H groups in total. The number of thiazole rings is 1. The molecule has 0 saturated carbocycles. The lowest BCUT2D eigenvalue weighted by Crippen LogP contribution is -2.16. The standard InChI is InChI=1S/C17H15N5OS/c1-22-16(12-5-3-2-4-6-12)20-21-17(22)14(9-18)15(23)8-7-13-10-24-11-19-13/h2-6,10-11,14H,7-8H2,1H3/t14-/m0/s1. The number of ketones is 1. The van der Waals surface area contributed by atoms with Crippen LogP contribution >= 0.6 is 11.3 Å². The summed E-state index contributed by atoms with van der Waals surface area (Å²) in [6.45, 7) is 0. The number of carbonyl (C=O) groups is 1. The van der Waals surface area contributed by atoms with Gasteiger partial charge in [0.05, 0.1) is 17.3 Å². The molecule has 2 aromatic heterocycles. The molecular weight excluding hydrogens is 322 g/mol.